The molecule has 0 saturated carbocycles. The SMILES string of the molecule is COC(=O)c1ccc(C#N)cc1N1CCCCC1. The lowest BCUT2D eigenvalue weighted by Gasteiger charge is -2.30. The van der Waals surface area contributed by atoms with E-state index >= 15 is 0 Å². The fraction of sp³-hybridized carbons (Fsp3) is 0.429. The number of nitrogens with zero attached hydrogens (tertiary/aromatic N) is 2. The normalized spacial score (nSPS) is 15.0. The van der Waals surface area contributed by atoms with Crippen molar-refractivity contribution in [2.75, 3.05) is 25.1 Å². The summed E-state index contributed by atoms with van der Waals surface area (Å²) in [6.45, 7) is 1.86. The third-order valence-corrected chi connectivity index (χ3v) is 3.23. The molecule has 0 spiro atoms. The summed E-state index contributed by atoms with van der Waals surface area (Å²) in [5.41, 5.74) is 1.93. The summed E-state index contributed by atoms with van der Waals surface area (Å²) in [5.74, 6) is -0.347. The largest absolute Gasteiger partial charge is 0.465 e. The van der Waals surface area contributed by atoms with E-state index in [0.29, 0.717) is 11.1 Å². The van der Waals surface area contributed by atoms with E-state index in [4.69, 9.17) is 10.00 Å². The van der Waals surface area contributed by atoms with Gasteiger partial charge in [-0.2, -0.15) is 5.26 Å². The molecule has 1 heterocycles. The first-order chi connectivity index (χ1) is 8.76. The molecular weight excluding hydrogens is 228 g/mol. The Morgan fingerprint density at radius 1 is 1.33 bits per heavy atom. The minimum absolute atomic E-state index is 0.347. The molecular formula is C14H16N2O2. The second-order valence-electron chi connectivity index (χ2n) is 4.38. The molecule has 1 aliphatic rings. The molecule has 0 aliphatic carbocycles. The van der Waals surface area contributed by atoms with E-state index in [1.807, 2.05) is 0 Å². The molecule has 1 aliphatic heterocycles. The maximum Gasteiger partial charge on any atom is 0.339 e. The number of carbonyl (C=O) groups excluding carboxylic acids is 1. The average Bonchev–Trinajstić information content (AvgIpc) is 2.46. The van der Waals surface area contributed by atoms with Crippen LogP contribution in [0.5, 0.6) is 0 Å². The lowest BCUT2D eigenvalue weighted by atomic mass is 10.0. The van der Waals surface area contributed by atoms with Crippen LogP contribution in [0, 0.1) is 11.3 Å². The Morgan fingerprint density at radius 2 is 2.06 bits per heavy atom. The molecule has 0 aromatic heterocycles. The van der Waals surface area contributed by atoms with Gasteiger partial charge in [-0.25, -0.2) is 4.79 Å². The highest BCUT2D eigenvalue weighted by atomic mass is 16.5. The van der Waals surface area contributed by atoms with Gasteiger partial charge in [-0.05, 0) is 37.5 Å². The Labute approximate surface area is 107 Å². The molecule has 0 bridgehead atoms. The number of esters is 1. The number of anilines is 1. The van der Waals surface area contributed by atoms with E-state index in [1.54, 1.807) is 18.2 Å². The van der Waals surface area contributed by atoms with Gasteiger partial charge in [0, 0.05) is 13.1 Å². The number of ether oxygens (including phenoxy) is 1. The van der Waals surface area contributed by atoms with E-state index in [0.717, 1.165) is 31.6 Å². The lowest BCUT2D eigenvalue weighted by Crippen LogP contribution is -2.31. The van der Waals surface area contributed by atoms with Crippen molar-refractivity contribution in [3.8, 4) is 6.07 Å². The Balaban J connectivity index is 2.40. The third-order valence-electron chi connectivity index (χ3n) is 3.23. The molecule has 1 aromatic rings. The predicted molar refractivity (Wildman–Crippen MR) is 68.6 cm³/mol. The first-order valence-corrected chi connectivity index (χ1v) is 6.13. The van der Waals surface area contributed by atoms with Crippen LogP contribution in [-0.2, 0) is 4.74 Å². The molecule has 0 radical (unpaired) electrons. The molecule has 0 amide bonds. The van der Waals surface area contributed by atoms with Crippen LogP contribution in [0.2, 0.25) is 0 Å². The molecule has 94 valence electrons. The van der Waals surface area contributed by atoms with Gasteiger partial charge in [-0.3, -0.25) is 0 Å². The minimum Gasteiger partial charge on any atom is -0.465 e. The molecule has 0 N–H and O–H groups in total. The number of methoxy groups -OCH3 is 1. The van der Waals surface area contributed by atoms with Gasteiger partial charge in [0.1, 0.15) is 0 Å². The maximum absolute atomic E-state index is 11.7. The van der Waals surface area contributed by atoms with Crippen LogP contribution in [0.4, 0.5) is 5.69 Å². The number of carbonyl (C=O) groups is 1. The highest BCUT2D eigenvalue weighted by Gasteiger charge is 2.19. The summed E-state index contributed by atoms with van der Waals surface area (Å²) in [6, 6.07) is 7.21. The summed E-state index contributed by atoms with van der Waals surface area (Å²) in [4.78, 5) is 13.9. The summed E-state index contributed by atoms with van der Waals surface area (Å²) in [6.07, 6.45) is 3.47. The quantitative estimate of drug-likeness (QED) is 0.749. The highest BCUT2D eigenvalue weighted by Crippen LogP contribution is 2.26. The number of nitriles is 1. The van der Waals surface area contributed by atoms with E-state index in [2.05, 4.69) is 11.0 Å². The summed E-state index contributed by atoms with van der Waals surface area (Å²) >= 11 is 0. The standard InChI is InChI=1S/C14H16N2O2/c1-18-14(17)12-6-5-11(10-15)9-13(12)16-7-3-2-4-8-16/h5-6,9H,2-4,7-8H2,1H3. The van der Waals surface area contributed by atoms with Crippen molar-refractivity contribution in [2.24, 2.45) is 0 Å². The van der Waals surface area contributed by atoms with Crippen molar-refractivity contribution in [2.45, 2.75) is 19.3 Å². The second kappa shape index (κ2) is 5.54. The maximum atomic E-state index is 11.7. The van der Waals surface area contributed by atoms with E-state index in [-0.39, 0.29) is 5.97 Å². The number of hydrogen-bond acceptors (Lipinski definition) is 4. The molecule has 4 heteroatoms. The number of rotatable bonds is 2. The zero-order valence-electron chi connectivity index (χ0n) is 10.5. The monoisotopic (exact) mass is 244 g/mol. The summed E-state index contributed by atoms with van der Waals surface area (Å²) in [5, 5.41) is 8.96. The molecule has 0 unspecified atom stereocenters. The van der Waals surface area contributed by atoms with Crippen molar-refractivity contribution in [1.29, 1.82) is 5.26 Å². The lowest BCUT2D eigenvalue weighted by molar-refractivity contribution is 0.0601. The Bertz CT molecular complexity index is 485. The first-order valence-electron chi connectivity index (χ1n) is 6.13. The average molecular weight is 244 g/mol. The fourth-order valence-electron chi connectivity index (χ4n) is 2.28. The Kier molecular flexibility index (Phi) is 3.83. The van der Waals surface area contributed by atoms with Crippen LogP contribution in [0.15, 0.2) is 18.2 Å². The van der Waals surface area contributed by atoms with Crippen LogP contribution < -0.4 is 4.90 Å². The van der Waals surface area contributed by atoms with Gasteiger partial charge < -0.3 is 9.64 Å². The van der Waals surface area contributed by atoms with Crippen LogP contribution in [-0.4, -0.2) is 26.2 Å². The minimum atomic E-state index is -0.347. The highest BCUT2D eigenvalue weighted by molar-refractivity contribution is 5.96. The number of hydrogen-bond donors (Lipinski definition) is 0. The van der Waals surface area contributed by atoms with Gasteiger partial charge in [-0.15, -0.1) is 0 Å². The fourth-order valence-corrected chi connectivity index (χ4v) is 2.28. The first kappa shape index (κ1) is 12.4. The zero-order chi connectivity index (χ0) is 13.0. The van der Waals surface area contributed by atoms with Crippen LogP contribution >= 0.6 is 0 Å². The van der Waals surface area contributed by atoms with Crippen molar-refractivity contribution in [1.82, 2.24) is 0 Å². The van der Waals surface area contributed by atoms with Crippen LogP contribution in [0.1, 0.15) is 35.2 Å². The molecule has 1 aromatic carbocycles. The topological polar surface area (TPSA) is 53.3 Å². The Morgan fingerprint density at radius 3 is 2.67 bits per heavy atom. The number of benzene rings is 1. The van der Waals surface area contributed by atoms with Gasteiger partial charge in [0.2, 0.25) is 0 Å². The van der Waals surface area contributed by atoms with Crippen molar-refractivity contribution in [3.05, 3.63) is 29.3 Å². The van der Waals surface area contributed by atoms with Crippen LogP contribution in [0.3, 0.4) is 0 Å². The van der Waals surface area contributed by atoms with E-state index in [1.165, 1.54) is 13.5 Å². The molecule has 0 atom stereocenters. The summed E-state index contributed by atoms with van der Waals surface area (Å²) in [7, 11) is 1.38. The van der Waals surface area contributed by atoms with Gasteiger partial charge in [-0.1, -0.05) is 0 Å². The van der Waals surface area contributed by atoms with E-state index in [9.17, 15) is 4.79 Å². The van der Waals surface area contributed by atoms with Gasteiger partial charge >= 0.3 is 5.97 Å². The smallest absolute Gasteiger partial charge is 0.339 e. The van der Waals surface area contributed by atoms with Crippen molar-refractivity contribution in [3.63, 3.8) is 0 Å². The molecule has 18 heavy (non-hydrogen) atoms. The van der Waals surface area contributed by atoms with Crippen molar-refractivity contribution < 1.29 is 9.53 Å². The molecule has 1 saturated heterocycles. The molecule has 4 nitrogen and oxygen atoms in total. The zero-order valence-corrected chi connectivity index (χ0v) is 10.5. The van der Waals surface area contributed by atoms with Gasteiger partial charge in [0.05, 0.1) is 30.0 Å². The Hall–Kier alpha value is -2.02. The molecule has 2 rings (SSSR count). The summed E-state index contributed by atoms with van der Waals surface area (Å²) < 4.78 is 4.79. The number of piperidine rings is 1. The van der Waals surface area contributed by atoms with Crippen LogP contribution in [0.25, 0.3) is 0 Å². The third kappa shape index (κ3) is 2.45. The van der Waals surface area contributed by atoms with Gasteiger partial charge in [0.25, 0.3) is 0 Å². The predicted octanol–water partition coefficient (Wildman–Crippen LogP) is 2.34. The van der Waals surface area contributed by atoms with Gasteiger partial charge in [0.15, 0.2) is 0 Å². The van der Waals surface area contributed by atoms with Crippen molar-refractivity contribution >= 4 is 11.7 Å². The van der Waals surface area contributed by atoms with E-state index < -0.39 is 0 Å². The molecule has 1 fully saturated rings. The second-order valence-corrected chi connectivity index (χ2v) is 4.38.